The Kier molecular flexibility index (Phi) is 4.00. The maximum absolute atomic E-state index is 11.8. The van der Waals surface area contributed by atoms with Crippen molar-refractivity contribution in [3.8, 4) is 0 Å². The quantitative estimate of drug-likeness (QED) is 0.738. The molecule has 0 aliphatic carbocycles. The van der Waals surface area contributed by atoms with E-state index in [0.29, 0.717) is 6.54 Å². The molecule has 1 heterocycles. The van der Waals surface area contributed by atoms with E-state index >= 15 is 0 Å². The van der Waals surface area contributed by atoms with Crippen molar-refractivity contribution in [3.63, 3.8) is 0 Å². The summed E-state index contributed by atoms with van der Waals surface area (Å²) >= 11 is 0. The molecule has 2 N–H and O–H groups in total. The normalized spacial score (nSPS) is 11.0. The van der Waals surface area contributed by atoms with Crippen molar-refractivity contribution in [2.75, 3.05) is 11.9 Å². The zero-order valence-corrected chi connectivity index (χ0v) is 13.0. The van der Waals surface area contributed by atoms with Crippen LogP contribution >= 0.6 is 0 Å². The minimum Gasteiger partial charge on any atom is -0.341 e. The van der Waals surface area contributed by atoms with Crippen LogP contribution in [0.5, 0.6) is 0 Å². The molecule has 0 spiro atoms. The number of nitrogens with zero attached hydrogens (tertiary/aromatic N) is 1. The summed E-state index contributed by atoms with van der Waals surface area (Å²) in [6.45, 7) is 5.79. The summed E-state index contributed by atoms with van der Waals surface area (Å²) in [6, 6.07) is 14.3. The third-order valence-corrected chi connectivity index (χ3v) is 3.88. The lowest BCUT2D eigenvalue weighted by Gasteiger charge is -2.07. The summed E-state index contributed by atoms with van der Waals surface area (Å²) < 4.78 is 2.30. The van der Waals surface area contributed by atoms with Crippen LogP contribution in [0.2, 0.25) is 0 Å². The number of carbonyl (C=O) groups excluding carboxylic acids is 1. The fourth-order valence-corrected chi connectivity index (χ4v) is 2.89. The molecule has 0 radical (unpaired) electrons. The van der Waals surface area contributed by atoms with Crippen molar-refractivity contribution < 1.29 is 4.79 Å². The van der Waals surface area contributed by atoms with Crippen LogP contribution in [0.25, 0.3) is 21.8 Å². The van der Waals surface area contributed by atoms with Crippen LogP contribution in [-0.2, 0) is 6.54 Å². The molecule has 2 amide bonds. The number of fused-ring (bicyclic) bond motifs is 3. The van der Waals surface area contributed by atoms with Crippen molar-refractivity contribution in [1.29, 1.82) is 0 Å². The van der Waals surface area contributed by atoms with Gasteiger partial charge in [0.25, 0.3) is 0 Å². The van der Waals surface area contributed by atoms with Gasteiger partial charge in [-0.1, -0.05) is 25.1 Å². The van der Waals surface area contributed by atoms with E-state index in [0.717, 1.165) is 18.7 Å². The van der Waals surface area contributed by atoms with Gasteiger partial charge in [0, 0.05) is 40.6 Å². The monoisotopic (exact) mass is 295 g/mol. The van der Waals surface area contributed by atoms with Crippen molar-refractivity contribution >= 4 is 33.5 Å². The first-order chi connectivity index (χ1) is 10.7. The van der Waals surface area contributed by atoms with Crippen molar-refractivity contribution in [2.24, 2.45) is 0 Å². The number of benzene rings is 2. The summed E-state index contributed by atoms with van der Waals surface area (Å²) in [7, 11) is 0. The van der Waals surface area contributed by atoms with Crippen molar-refractivity contribution in [3.05, 3.63) is 42.5 Å². The van der Waals surface area contributed by atoms with Crippen LogP contribution in [0.4, 0.5) is 10.5 Å². The number of carbonyl (C=O) groups is 1. The summed E-state index contributed by atoms with van der Waals surface area (Å²) in [4.78, 5) is 11.8. The molecule has 4 nitrogen and oxygen atoms in total. The maximum atomic E-state index is 11.8. The third-order valence-electron chi connectivity index (χ3n) is 3.88. The van der Waals surface area contributed by atoms with E-state index in [9.17, 15) is 4.79 Å². The SMILES string of the molecule is CCCNC(=O)Nc1ccc2c(c1)c1ccccc1n2CC. The molecule has 0 saturated heterocycles. The molecule has 3 aromatic rings. The molecule has 0 bridgehead atoms. The van der Waals surface area contributed by atoms with Crippen LogP contribution in [0.1, 0.15) is 20.3 Å². The molecule has 0 aliphatic heterocycles. The molecule has 114 valence electrons. The Morgan fingerprint density at radius 2 is 1.82 bits per heavy atom. The second kappa shape index (κ2) is 6.10. The highest BCUT2D eigenvalue weighted by Crippen LogP contribution is 2.30. The minimum absolute atomic E-state index is 0.152. The molecule has 22 heavy (non-hydrogen) atoms. The molecule has 4 heteroatoms. The van der Waals surface area contributed by atoms with Gasteiger partial charge in [0.1, 0.15) is 0 Å². The van der Waals surface area contributed by atoms with E-state index in [1.807, 2.05) is 13.0 Å². The molecule has 1 aromatic heterocycles. The highest BCUT2D eigenvalue weighted by molar-refractivity contribution is 6.09. The van der Waals surface area contributed by atoms with Crippen LogP contribution in [-0.4, -0.2) is 17.1 Å². The number of rotatable bonds is 4. The lowest BCUT2D eigenvalue weighted by molar-refractivity contribution is 0.252. The third kappa shape index (κ3) is 2.52. The molecule has 2 aromatic carbocycles. The topological polar surface area (TPSA) is 46.1 Å². The van der Waals surface area contributed by atoms with E-state index in [1.54, 1.807) is 0 Å². The fourth-order valence-electron chi connectivity index (χ4n) is 2.89. The molecule has 0 atom stereocenters. The van der Waals surface area contributed by atoms with Crippen molar-refractivity contribution in [1.82, 2.24) is 9.88 Å². The number of nitrogens with one attached hydrogen (secondary N) is 2. The number of hydrogen-bond acceptors (Lipinski definition) is 1. The molecule has 0 saturated carbocycles. The first kappa shape index (κ1) is 14.4. The number of aryl methyl sites for hydroxylation is 1. The van der Waals surface area contributed by atoms with Crippen LogP contribution < -0.4 is 10.6 Å². The number of para-hydroxylation sites is 1. The van der Waals surface area contributed by atoms with E-state index in [4.69, 9.17) is 0 Å². The van der Waals surface area contributed by atoms with Gasteiger partial charge in [-0.05, 0) is 37.6 Å². The smallest absolute Gasteiger partial charge is 0.319 e. The average Bonchev–Trinajstić information content (AvgIpc) is 2.86. The second-order valence-electron chi connectivity index (χ2n) is 5.37. The van der Waals surface area contributed by atoms with E-state index < -0.39 is 0 Å². The Morgan fingerprint density at radius 1 is 1.05 bits per heavy atom. The fraction of sp³-hybridized carbons (Fsp3) is 0.278. The van der Waals surface area contributed by atoms with Crippen LogP contribution in [0, 0.1) is 0 Å². The lowest BCUT2D eigenvalue weighted by atomic mass is 10.1. The standard InChI is InChI=1S/C18H21N3O/c1-3-11-19-18(22)20-13-9-10-17-15(12-13)14-7-5-6-8-16(14)21(17)4-2/h5-10,12H,3-4,11H2,1-2H3,(H2,19,20,22). The van der Waals surface area contributed by atoms with Gasteiger partial charge in [-0.25, -0.2) is 4.79 Å². The molecular formula is C18H21N3O. The Hall–Kier alpha value is -2.49. The number of urea groups is 1. The number of hydrogen-bond donors (Lipinski definition) is 2. The van der Waals surface area contributed by atoms with Crippen LogP contribution in [0.3, 0.4) is 0 Å². The second-order valence-corrected chi connectivity index (χ2v) is 5.37. The van der Waals surface area contributed by atoms with Crippen LogP contribution in [0.15, 0.2) is 42.5 Å². The number of amides is 2. The summed E-state index contributed by atoms with van der Waals surface area (Å²) in [5.41, 5.74) is 3.25. The predicted molar refractivity (Wildman–Crippen MR) is 92.4 cm³/mol. The number of anilines is 1. The highest BCUT2D eigenvalue weighted by Gasteiger charge is 2.10. The number of aromatic nitrogens is 1. The van der Waals surface area contributed by atoms with E-state index in [-0.39, 0.29) is 6.03 Å². The highest BCUT2D eigenvalue weighted by atomic mass is 16.2. The lowest BCUT2D eigenvalue weighted by Crippen LogP contribution is -2.29. The summed E-state index contributed by atoms with van der Waals surface area (Å²) in [5, 5.41) is 8.12. The molecule has 0 aliphatic rings. The average molecular weight is 295 g/mol. The Morgan fingerprint density at radius 3 is 2.59 bits per heavy atom. The predicted octanol–water partition coefficient (Wildman–Crippen LogP) is 4.35. The van der Waals surface area contributed by atoms with Crippen molar-refractivity contribution in [2.45, 2.75) is 26.8 Å². The largest absolute Gasteiger partial charge is 0.341 e. The van der Waals surface area contributed by atoms with Gasteiger partial charge in [0.05, 0.1) is 0 Å². The Bertz CT molecular complexity index is 820. The van der Waals surface area contributed by atoms with Gasteiger partial charge < -0.3 is 15.2 Å². The zero-order chi connectivity index (χ0) is 15.5. The first-order valence-corrected chi connectivity index (χ1v) is 7.80. The van der Waals surface area contributed by atoms with E-state index in [1.165, 1.54) is 21.8 Å². The molecule has 0 unspecified atom stereocenters. The summed E-state index contributed by atoms with van der Waals surface area (Å²) in [5.74, 6) is 0. The minimum atomic E-state index is -0.152. The Balaban J connectivity index is 2.02. The van der Waals surface area contributed by atoms with Gasteiger partial charge in [-0.15, -0.1) is 0 Å². The maximum Gasteiger partial charge on any atom is 0.319 e. The van der Waals surface area contributed by atoms with Gasteiger partial charge in [0.2, 0.25) is 0 Å². The zero-order valence-electron chi connectivity index (χ0n) is 13.0. The van der Waals surface area contributed by atoms with Gasteiger partial charge >= 0.3 is 6.03 Å². The van der Waals surface area contributed by atoms with E-state index in [2.05, 4.69) is 58.5 Å². The summed E-state index contributed by atoms with van der Waals surface area (Å²) in [6.07, 6.45) is 0.927. The van der Waals surface area contributed by atoms with Gasteiger partial charge in [-0.2, -0.15) is 0 Å². The first-order valence-electron chi connectivity index (χ1n) is 7.80. The molecular weight excluding hydrogens is 274 g/mol. The molecule has 0 fully saturated rings. The molecule has 3 rings (SSSR count). The van der Waals surface area contributed by atoms with Gasteiger partial charge in [0.15, 0.2) is 0 Å². The Labute approximate surface area is 130 Å². The van der Waals surface area contributed by atoms with Gasteiger partial charge in [-0.3, -0.25) is 0 Å².